The van der Waals surface area contributed by atoms with Gasteiger partial charge >= 0.3 is 7.12 Å². The largest absolute Gasteiger partial charge is 0.458 e. The minimum atomic E-state index is -2.04. The average Bonchev–Trinajstić information content (AvgIpc) is 2.01. The van der Waals surface area contributed by atoms with Gasteiger partial charge in [0.2, 0.25) is 0 Å². The molecule has 0 bridgehead atoms. The minimum Gasteiger partial charge on any atom is -0.427 e. The molecule has 0 unspecified atom stereocenters. The molecule has 4 heteroatoms. The van der Waals surface area contributed by atoms with E-state index in [2.05, 4.69) is 6.58 Å². The molecule has 0 aliphatic rings. The zero-order valence-electron chi connectivity index (χ0n) is 10.7. The Balaban J connectivity index is 4.68. The molecule has 0 aromatic heterocycles. The normalized spacial score (nSPS) is 16.2. The molecule has 0 radical (unpaired) electrons. The van der Waals surface area contributed by atoms with Gasteiger partial charge in [0.1, 0.15) is 0 Å². The van der Waals surface area contributed by atoms with Gasteiger partial charge in [-0.25, -0.2) is 0 Å². The number of allylic oxidation sites excluding steroid dienone is 1. The Morgan fingerprint density at radius 2 is 2.00 bits per heavy atom. The highest BCUT2D eigenvalue weighted by Crippen LogP contribution is 2.25. The lowest BCUT2D eigenvalue weighted by atomic mass is 9.80. The van der Waals surface area contributed by atoms with E-state index < -0.39 is 24.6 Å². The van der Waals surface area contributed by atoms with E-state index in [0.717, 1.165) is 6.08 Å². The zero-order valence-corrected chi connectivity index (χ0v) is 8.66. The molecule has 0 aliphatic heterocycles. The number of rotatable bonds is 5. The van der Waals surface area contributed by atoms with Gasteiger partial charge in [-0.05, 0) is 34.0 Å². The van der Waals surface area contributed by atoms with Gasteiger partial charge < -0.3 is 14.8 Å². The summed E-state index contributed by atoms with van der Waals surface area (Å²) in [7, 11) is -1.66. The molecule has 0 saturated heterocycles. The second-order valence-electron chi connectivity index (χ2n) is 3.91. The predicted octanol–water partition coefficient (Wildman–Crippen LogP) is 1.22. The van der Waals surface area contributed by atoms with Crippen LogP contribution in [0.2, 0.25) is 6.27 Å². The van der Waals surface area contributed by atoms with E-state index in [1.165, 1.54) is 13.8 Å². The molecule has 0 aromatic rings. The maximum atomic E-state index is 9.75. The monoisotopic (exact) mass is 188 g/mol. The van der Waals surface area contributed by atoms with Crippen LogP contribution in [0.5, 0.6) is 0 Å². The summed E-state index contributed by atoms with van der Waals surface area (Å²) in [6, 6.07) is 0. The maximum Gasteiger partial charge on any atom is 0.458 e. The van der Waals surface area contributed by atoms with E-state index in [9.17, 15) is 10.1 Å². The second kappa shape index (κ2) is 4.27. The summed E-state index contributed by atoms with van der Waals surface area (Å²) in [6.45, 7) is 9.49. The summed E-state index contributed by atoms with van der Waals surface area (Å²) in [4.78, 5) is 0. The standard InChI is InChI=1S/C9H19BO3/c1-6-7-10(12)13-9(4,5)8(2,3)11/h6,11-12H,1,7H2,2-5H3/i7D2. The Bertz CT molecular complexity index is 236. The third-order valence-corrected chi connectivity index (χ3v) is 2.14. The zero-order chi connectivity index (χ0) is 12.5. The van der Waals surface area contributed by atoms with Crippen molar-refractivity contribution in [2.45, 2.75) is 45.2 Å². The van der Waals surface area contributed by atoms with Gasteiger partial charge in [-0.15, -0.1) is 6.58 Å². The molecule has 2 N–H and O–H groups in total. The van der Waals surface area contributed by atoms with Gasteiger partial charge in [-0.2, -0.15) is 0 Å². The van der Waals surface area contributed by atoms with Crippen molar-refractivity contribution in [3.63, 3.8) is 0 Å². The molecule has 0 aliphatic carbocycles. The summed E-state index contributed by atoms with van der Waals surface area (Å²) in [5.41, 5.74) is -2.26. The molecule has 0 aromatic carbocycles. The Morgan fingerprint density at radius 1 is 1.54 bits per heavy atom. The molecule has 0 atom stereocenters. The van der Waals surface area contributed by atoms with Crippen LogP contribution in [0.4, 0.5) is 0 Å². The van der Waals surface area contributed by atoms with E-state index in [1.54, 1.807) is 13.8 Å². The molecular weight excluding hydrogens is 167 g/mol. The second-order valence-corrected chi connectivity index (χ2v) is 3.91. The quantitative estimate of drug-likeness (QED) is 0.503. The van der Waals surface area contributed by atoms with Crippen LogP contribution in [0.15, 0.2) is 12.7 Å². The maximum absolute atomic E-state index is 9.75. The van der Waals surface area contributed by atoms with Gasteiger partial charge in [0.25, 0.3) is 0 Å². The van der Waals surface area contributed by atoms with Crippen LogP contribution in [-0.2, 0) is 4.65 Å². The van der Waals surface area contributed by atoms with E-state index in [4.69, 9.17) is 7.40 Å². The predicted molar refractivity (Wildman–Crippen MR) is 54.4 cm³/mol. The van der Waals surface area contributed by atoms with Crippen molar-refractivity contribution in [2.24, 2.45) is 0 Å². The molecule has 0 amide bonds. The van der Waals surface area contributed by atoms with Crippen LogP contribution in [0.3, 0.4) is 0 Å². The van der Waals surface area contributed by atoms with Gasteiger partial charge in [-0.3, -0.25) is 0 Å². The fraction of sp³-hybridized carbons (Fsp3) is 0.778. The molecule has 0 spiro atoms. The van der Waals surface area contributed by atoms with E-state index in [1.807, 2.05) is 0 Å². The van der Waals surface area contributed by atoms with Crippen molar-refractivity contribution >= 4 is 7.12 Å². The molecule has 0 fully saturated rings. The van der Waals surface area contributed by atoms with Gasteiger partial charge in [0, 0.05) is 2.74 Å². The number of hydrogen-bond acceptors (Lipinski definition) is 3. The highest BCUT2D eigenvalue weighted by Gasteiger charge is 2.38. The molecule has 13 heavy (non-hydrogen) atoms. The minimum absolute atomic E-state index is 0.970. The van der Waals surface area contributed by atoms with Crippen molar-refractivity contribution in [2.75, 3.05) is 0 Å². The first-order chi connectivity index (χ1) is 6.44. The molecule has 3 nitrogen and oxygen atoms in total. The van der Waals surface area contributed by atoms with Crippen LogP contribution in [0, 0.1) is 0 Å². The molecule has 0 saturated carbocycles. The Kier molecular flexibility index (Phi) is 3.03. The molecular formula is C9H19BO3. The summed E-state index contributed by atoms with van der Waals surface area (Å²) in [5, 5.41) is 19.2. The van der Waals surface area contributed by atoms with Gasteiger partial charge in [-0.1, -0.05) is 6.08 Å². The van der Waals surface area contributed by atoms with Crippen molar-refractivity contribution in [1.82, 2.24) is 0 Å². The third kappa shape index (κ3) is 3.94. The van der Waals surface area contributed by atoms with Crippen molar-refractivity contribution in [1.29, 1.82) is 0 Å². The van der Waals surface area contributed by atoms with E-state index in [-0.39, 0.29) is 0 Å². The SMILES string of the molecule is [2H]C([2H])(C=C)B(O)OC(C)(C)C(C)(C)O. The molecule has 0 rings (SSSR count). The first-order valence-electron chi connectivity index (χ1n) is 5.16. The summed E-state index contributed by atoms with van der Waals surface area (Å²) in [5.74, 6) is 0. The smallest absolute Gasteiger partial charge is 0.427 e. The van der Waals surface area contributed by atoms with Gasteiger partial charge in [0.05, 0.1) is 11.2 Å². The van der Waals surface area contributed by atoms with Gasteiger partial charge in [0.15, 0.2) is 0 Å². The fourth-order valence-electron chi connectivity index (χ4n) is 0.558. The first kappa shape index (κ1) is 9.25. The Morgan fingerprint density at radius 3 is 2.31 bits per heavy atom. The highest BCUT2D eigenvalue weighted by atomic mass is 16.5. The summed E-state index contributed by atoms with van der Waals surface area (Å²) < 4.78 is 19.8. The van der Waals surface area contributed by atoms with Crippen LogP contribution in [0.1, 0.15) is 30.4 Å². The van der Waals surface area contributed by atoms with Crippen LogP contribution in [-0.4, -0.2) is 28.5 Å². The summed E-state index contributed by atoms with van der Waals surface area (Å²) >= 11 is 0. The Hall–Kier alpha value is -0.315. The van der Waals surface area contributed by atoms with Crippen LogP contribution >= 0.6 is 0 Å². The number of aliphatic hydroxyl groups is 1. The fourth-order valence-corrected chi connectivity index (χ4v) is 0.558. The highest BCUT2D eigenvalue weighted by molar-refractivity contribution is 6.43. The van der Waals surface area contributed by atoms with Crippen molar-refractivity contribution in [3.05, 3.63) is 12.7 Å². The molecule has 76 valence electrons. The first-order valence-corrected chi connectivity index (χ1v) is 4.16. The molecule has 0 heterocycles. The lowest BCUT2D eigenvalue weighted by Crippen LogP contribution is -2.50. The Labute approximate surface area is 83.4 Å². The lowest BCUT2D eigenvalue weighted by Gasteiger charge is -2.38. The third-order valence-electron chi connectivity index (χ3n) is 2.14. The van der Waals surface area contributed by atoms with Crippen LogP contribution < -0.4 is 0 Å². The lowest BCUT2D eigenvalue weighted by molar-refractivity contribution is -0.0996. The van der Waals surface area contributed by atoms with E-state index in [0.29, 0.717) is 0 Å². The number of hydrogen-bond donors (Lipinski definition) is 2. The van der Waals surface area contributed by atoms with Crippen molar-refractivity contribution < 1.29 is 17.5 Å². The average molecular weight is 188 g/mol. The van der Waals surface area contributed by atoms with E-state index >= 15 is 0 Å². The summed E-state index contributed by atoms with van der Waals surface area (Å²) in [6.07, 6.45) is -1.07. The van der Waals surface area contributed by atoms with Crippen LogP contribution in [0.25, 0.3) is 0 Å². The topological polar surface area (TPSA) is 49.7 Å². The van der Waals surface area contributed by atoms with Crippen molar-refractivity contribution in [3.8, 4) is 0 Å².